The summed E-state index contributed by atoms with van der Waals surface area (Å²) in [6, 6.07) is 0. The first-order valence-electron chi connectivity index (χ1n) is 6.85. The standard InChI is InChI=1S/C13H24N4OS/c1-10(18)9-16-5-7-17(8-6-16)12-15-14-11(19-12)13(2,3)4/h10,18H,5-9H2,1-4H3/t10-/m1/s1. The molecule has 0 amide bonds. The number of β-amino-alcohol motifs (C(OH)–C–C–N with tert-alkyl or cyclic N) is 1. The Kier molecular flexibility index (Phi) is 4.43. The van der Waals surface area contributed by atoms with Crippen LogP contribution < -0.4 is 4.90 Å². The first-order valence-corrected chi connectivity index (χ1v) is 7.67. The van der Waals surface area contributed by atoms with Crippen LogP contribution >= 0.6 is 11.3 Å². The molecule has 1 aliphatic heterocycles. The van der Waals surface area contributed by atoms with Gasteiger partial charge in [-0.2, -0.15) is 0 Å². The Bertz CT molecular complexity index is 405. The predicted molar refractivity (Wildman–Crippen MR) is 78.9 cm³/mol. The Morgan fingerprint density at radius 3 is 2.32 bits per heavy atom. The minimum absolute atomic E-state index is 0.0735. The van der Waals surface area contributed by atoms with Gasteiger partial charge in [-0.1, -0.05) is 32.1 Å². The fraction of sp³-hybridized carbons (Fsp3) is 0.846. The van der Waals surface area contributed by atoms with Gasteiger partial charge in [0.15, 0.2) is 0 Å². The lowest BCUT2D eigenvalue weighted by Crippen LogP contribution is -2.48. The average molecular weight is 284 g/mol. The summed E-state index contributed by atoms with van der Waals surface area (Å²) in [4.78, 5) is 4.60. The molecule has 0 saturated carbocycles. The molecule has 1 aliphatic rings. The highest BCUT2D eigenvalue weighted by Gasteiger charge is 2.24. The molecule has 1 atom stereocenters. The minimum atomic E-state index is -0.249. The summed E-state index contributed by atoms with van der Waals surface area (Å²) >= 11 is 1.70. The molecular formula is C13H24N4OS. The van der Waals surface area contributed by atoms with E-state index in [0.717, 1.165) is 42.9 Å². The number of rotatable bonds is 3. The summed E-state index contributed by atoms with van der Waals surface area (Å²) in [5.41, 5.74) is 0.0735. The third kappa shape index (κ3) is 3.87. The fourth-order valence-electron chi connectivity index (χ4n) is 2.14. The molecule has 0 radical (unpaired) electrons. The summed E-state index contributed by atoms with van der Waals surface area (Å²) in [5.74, 6) is 0. The van der Waals surface area contributed by atoms with Crippen LogP contribution in [0.4, 0.5) is 5.13 Å². The van der Waals surface area contributed by atoms with Crippen molar-refractivity contribution in [3.63, 3.8) is 0 Å². The monoisotopic (exact) mass is 284 g/mol. The number of aromatic nitrogens is 2. The molecule has 19 heavy (non-hydrogen) atoms. The van der Waals surface area contributed by atoms with Crippen LogP contribution in [0.5, 0.6) is 0 Å². The van der Waals surface area contributed by atoms with Crippen LogP contribution in [0.15, 0.2) is 0 Å². The van der Waals surface area contributed by atoms with E-state index < -0.39 is 0 Å². The Morgan fingerprint density at radius 2 is 1.84 bits per heavy atom. The van der Waals surface area contributed by atoms with E-state index in [1.807, 2.05) is 6.92 Å². The highest BCUT2D eigenvalue weighted by molar-refractivity contribution is 7.15. The number of aliphatic hydroxyl groups is 1. The van der Waals surface area contributed by atoms with Gasteiger partial charge in [-0.3, -0.25) is 4.90 Å². The van der Waals surface area contributed by atoms with Gasteiger partial charge in [0.2, 0.25) is 5.13 Å². The van der Waals surface area contributed by atoms with Gasteiger partial charge in [-0.05, 0) is 6.92 Å². The molecule has 0 aromatic carbocycles. The van der Waals surface area contributed by atoms with E-state index in [1.165, 1.54) is 0 Å². The van der Waals surface area contributed by atoms with Crippen LogP contribution in [0.1, 0.15) is 32.7 Å². The summed E-state index contributed by atoms with van der Waals surface area (Å²) in [6.45, 7) is 13.0. The quantitative estimate of drug-likeness (QED) is 0.908. The Morgan fingerprint density at radius 1 is 1.21 bits per heavy atom. The molecular weight excluding hydrogens is 260 g/mol. The Labute approximate surface area is 119 Å². The normalized spacial score (nSPS) is 19.7. The van der Waals surface area contributed by atoms with Gasteiger partial charge in [-0.25, -0.2) is 0 Å². The topological polar surface area (TPSA) is 52.5 Å². The maximum Gasteiger partial charge on any atom is 0.208 e. The van der Waals surface area contributed by atoms with Crippen molar-refractivity contribution in [2.75, 3.05) is 37.6 Å². The van der Waals surface area contributed by atoms with Crippen molar-refractivity contribution >= 4 is 16.5 Å². The van der Waals surface area contributed by atoms with Crippen LogP contribution in [-0.4, -0.2) is 59.0 Å². The lowest BCUT2D eigenvalue weighted by molar-refractivity contribution is 0.122. The molecule has 1 N–H and O–H groups in total. The Balaban J connectivity index is 1.93. The van der Waals surface area contributed by atoms with E-state index >= 15 is 0 Å². The SMILES string of the molecule is C[C@@H](O)CN1CCN(c2nnc(C(C)(C)C)s2)CC1. The lowest BCUT2D eigenvalue weighted by atomic mass is 9.98. The number of hydrogen-bond acceptors (Lipinski definition) is 6. The van der Waals surface area contributed by atoms with Crippen molar-refractivity contribution < 1.29 is 5.11 Å². The van der Waals surface area contributed by atoms with Gasteiger partial charge in [0.25, 0.3) is 0 Å². The first kappa shape index (κ1) is 14.7. The number of aliphatic hydroxyl groups excluding tert-OH is 1. The zero-order valence-corrected chi connectivity index (χ0v) is 13.1. The van der Waals surface area contributed by atoms with Gasteiger partial charge in [-0.15, -0.1) is 10.2 Å². The highest BCUT2D eigenvalue weighted by Crippen LogP contribution is 2.30. The minimum Gasteiger partial charge on any atom is -0.392 e. The van der Waals surface area contributed by atoms with Crippen molar-refractivity contribution in [2.24, 2.45) is 0 Å². The number of hydrogen-bond donors (Lipinski definition) is 1. The summed E-state index contributed by atoms with van der Waals surface area (Å²) in [6.07, 6.45) is -0.249. The van der Waals surface area contributed by atoms with E-state index in [0.29, 0.717) is 0 Å². The molecule has 2 heterocycles. The third-order valence-electron chi connectivity index (χ3n) is 3.22. The molecule has 2 rings (SSSR count). The smallest absolute Gasteiger partial charge is 0.208 e. The summed E-state index contributed by atoms with van der Waals surface area (Å²) < 4.78 is 0. The van der Waals surface area contributed by atoms with Crippen molar-refractivity contribution in [3.05, 3.63) is 5.01 Å². The second-order valence-corrected chi connectivity index (χ2v) is 7.23. The molecule has 0 spiro atoms. The predicted octanol–water partition coefficient (Wildman–Crippen LogP) is 1.34. The second kappa shape index (κ2) is 5.73. The molecule has 0 bridgehead atoms. The number of nitrogens with zero attached hydrogens (tertiary/aromatic N) is 4. The van der Waals surface area contributed by atoms with Crippen LogP contribution in [-0.2, 0) is 5.41 Å². The fourth-order valence-corrected chi connectivity index (χ4v) is 3.10. The number of anilines is 1. The molecule has 6 heteroatoms. The summed E-state index contributed by atoms with van der Waals surface area (Å²) in [7, 11) is 0. The molecule has 0 unspecified atom stereocenters. The molecule has 1 saturated heterocycles. The zero-order chi connectivity index (χ0) is 14.0. The van der Waals surface area contributed by atoms with Gasteiger partial charge in [0.05, 0.1) is 6.10 Å². The van der Waals surface area contributed by atoms with Crippen LogP contribution in [0.3, 0.4) is 0 Å². The van der Waals surface area contributed by atoms with Crippen molar-refractivity contribution in [3.8, 4) is 0 Å². The van der Waals surface area contributed by atoms with E-state index in [2.05, 4.69) is 40.8 Å². The lowest BCUT2D eigenvalue weighted by Gasteiger charge is -2.34. The van der Waals surface area contributed by atoms with E-state index in [4.69, 9.17) is 0 Å². The van der Waals surface area contributed by atoms with Crippen LogP contribution in [0, 0.1) is 0 Å². The van der Waals surface area contributed by atoms with Crippen molar-refractivity contribution in [1.29, 1.82) is 0 Å². The zero-order valence-electron chi connectivity index (χ0n) is 12.3. The first-order chi connectivity index (χ1) is 8.86. The van der Waals surface area contributed by atoms with Crippen molar-refractivity contribution in [2.45, 2.75) is 39.2 Å². The molecule has 1 fully saturated rings. The second-order valence-electron chi connectivity index (χ2n) is 6.28. The molecule has 108 valence electrons. The van der Waals surface area contributed by atoms with Gasteiger partial charge < -0.3 is 10.0 Å². The molecule has 1 aromatic heterocycles. The maximum absolute atomic E-state index is 9.40. The molecule has 1 aromatic rings. The maximum atomic E-state index is 9.40. The largest absolute Gasteiger partial charge is 0.392 e. The van der Waals surface area contributed by atoms with E-state index in [9.17, 15) is 5.11 Å². The van der Waals surface area contributed by atoms with E-state index in [1.54, 1.807) is 11.3 Å². The van der Waals surface area contributed by atoms with Crippen LogP contribution in [0.25, 0.3) is 0 Å². The summed E-state index contributed by atoms with van der Waals surface area (Å²) in [5, 5.41) is 20.1. The highest BCUT2D eigenvalue weighted by atomic mass is 32.1. The molecule has 0 aliphatic carbocycles. The van der Waals surface area contributed by atoms with Gasteiger partial charge >= 0.3 is 0 Å². The van der Waals surface area contributed by atoms with Crippen molar-refractivity contribution in [1.82, 2.24) is 15.1 Å². The molecule has 5 nitrogen and oxygen atoms in total. The number of piperazine rings is 1. The average Bonchev–Trinajstić information content (AvgIpc) is 2.78. The Hall–Kier alpha value is -0.720. The third-order valence-corrected chi connectivity index (χ3v) is 4.63. The van der Waals surface area contributed by atoms with E-state index in [-0.39, 0.29) is 11.5 Å². The van der Waals surface area contributed by atoms with Crippen LogP contribution in [0.2, 0.25) is 0 Å². The van der Waals surface area contributed by atoms with Gasteiger partial charge in [0, 0.05) is 38.1 Å². The van der Waals surface area contributed by atoms with Gasteiger partial charge in [0.1, 0.15) is 5.01 Å².